The van der Waals surface area contributed by atoms with Gasteiger partial charge in [0, 0.05) is 18.3 Å². The Bertz CT molecular complexity index is 501. The van der Waals surface area contributed by atoms with Crippen molar-refractivity contribution in [3.05, 3.63) is 30.1 Å². The van der Waals surface area contributed by atoms with Crippen molar-refractivity contribution < 1.29 is 14.3 Å². The molecule has 0 aromatic carbocycles. The molecule has 5 heteroatoms. The van der Waals surface area contributed by atoms with Crippen LogP contribution in [-0.4, -0.2) is 41.0 Å². The lowest BCUT2D eigenvalue weighted by Crippen LogP contribution is -2.65. The lowest BCUT2D eigenvalue weighted by Gasteiger charge is -2.55. The second-order valence-electron chi connectivity index (χ2n) is 5.09. The van der Waals surface area contributed by atoms with Gasteiger partial charge in [-0.2, -0.15) is 0 Å². The van der Waals surface area contributed by atoms with Crippen molar-refractivity contribution in [3.63, 3.8) is 0 Å². The normalized spacial score (nSPS) is 28.5. The molecule has 5 nitrogen and oxygen atoms in total. The molecule has 100 valence electrons. The van der Waals surface area contributed by atoms with Gasteiger partial charge >= 0.3 is 5.97 Å². The summed E-state index contributed by atoms with van der Waals surface area (Å²) in [4.78, 5) is 30.0. The van der Waals surface area contributed by atoms with E-state index in [2.05, 4.69) is 4.98 Å². The highest BCUT2D eigenvalue weighted by atomic mass is 16.5. The molecular weight excluding hydrogens is 244 g/mol. The first-order valence-electron chi connectivity index (χ1n) is 6.54. The Morgan fingerprint density at radius 3 is 2.84 bits per heavy atom. The Labute approximate surface area is 111 Å². The van der Waals surface area contributed by atoms with Crippen molar-refractivity contribution in [3.8, 4) is 0 Å². The van der Waals surface area contributed by atoms with Gasteiger partial charge in [-0.15, -0.1) is 0 Å². The summed E-state index contributed by atoms with van der Waals surface area (Å²) in [6, 6.07) is 5.54. The highest BCUT2D eigenvalue weighted by molar-refractivity contribution is 5.94. The van der Waals surface area contributed by atoms with E-state index in [9.17, 15) is 9.59 Å². The van der Waals surface area contributed by atoms with Crippen LogP contribution in [-0.2, 0) is 9.53 Å². The predicted octanol–water partition coefficient (Wildman–Crippen LogP) is 1.25. The van der Waals surface area contributed by atoms with Gasteiger partial charge < -0.3 is 9.64 Å². The molecular formula is C14H16N2O3. The van der Waals surface area contributed by atoms with E-state index in [0.717, 1.165) is 19.3 Å². The van der Waals surface area contributed by atoms with E-state index in [-0.39, 0.29) is 29.9 Å². The number of methoxy groups -OCH3 is 1. The smallest absolute Gasteiger partial charge is 0.310 e. The standard InChI is InChI=1S/C14H16N2O3/c1-19-14(18)10-6-5-9-8-12(10)16(9)13(17)11-4-2-3-7-15-11/h2-4,7,9-10,12H,5-6,8H2,1H3/t9-,10-,12?/m1/s1. The van der Waals surface area contributed by atoms with Gasteiger partial charge in [0.15, 0.2) is 0 Å². The number of amides is 1. The minimum Gasteiger partial charge on any atom is -0.469 e. The fourth-order valence-electron chi connectivity index (χ4n) is 3.18. The van der Waals surface area contributed by atoms with Gasteiger partial charge in [0.05, 0.1) is 13.0 Å². The SMILES string of the molecule is COC(=O)[C@@H]1CC[C@@H]2CC1N2C(=O)c1ccccn1. The first kappa shape index (κ1) is 12.1. The number of hydrogen-bond acceptors (Lipinski definition) is 4. The maximum Gasteiger partial charge on any atom is 0.310 e. The van der Waals surface area contributed by atoms with Crippen LogP contribution >= 0.6 is 0 Å². The van der Waals surface area contributed by atoms with Gasteiger partial charge in [0.1, 0.15) is 5.69 Å². The highest BCUT2D eigenvalue weighted by Crippen LogP contribution is 2.42. The number of esters is 1. The lowest BCUT2D eigenvalue weighted by molar-refractivity contribution is -0.155. The lowest BCUT2D eigenvalue weighted by atomic mass is 9.72. The fraction of sp³-hybridized carbons (Fsp3) is 0.500. The summed E-state index contributed by atoms with van der Waals surface area (Å²) in [5.74, 6) is -0.458. The molecule has 1 aliphatic carbocycles. The van der Waals surface area contributed by atoms with Crippen LogP contribution in [0.1, 0.15) is 29.8 Å². The zero-order valence-electron chi connectivity index (χ0n) is 10.8. The third-order valence-electron chi connectivity index (χ3n) is 4.16. The average molecular weight is 260 g/mol. The van der Waals surface area contributed by atoms with Gasteiger partial charge in [-0.05, 0) is 31.4 Å². The molecule has 1 amide bonds. The number of fused-ring (bicyclic) bond motifs is 2. The number of carbonyl (C=O) groups excluding carboxylic acids is 2. The first-order valence-corrected chi connectivity index (χ1v) is 6.54. The van der Waals surface area contributed by atoms with Gasteiger partial charge in [-0.3, -0.25) is 14.6 Å². The topological polar surface area (TPSA) is 59.5 Å². The molecule has 1 saturated carbocycles. The molecule has 1 unspecified atom stereocenters. The summed E-state index contributed by atoms with van der Waals surface area (Å²) in [6.45, 7) is 0. The molecule has 2 saturated heterocycles. The number of aromatic nitrogens is 1. The Morgan fingerprint density at radius 2 is 2.21 bits per heavy atom. The van der Waals surface area contributed by atoms with Crippen LogP contribution in [0.2, 0.25) is 0 Å². The van der Waals surface area contributed by atoms with E-state index in [4.69, 9.17) is 4.74 Å². The third kappa shape index (κ3) is 1.89. The molecule has 0 N–H and O–H groups in total. The number of rotatable bonds is 2. The van der Waals surface area contributed by atoms with Crippen LogP contribution in [0.15, 0.2) is 24.4 Å². The molecule has 2 bridgehead atoms. The van der Waals surface area contributed by atoms with Crippen LogP contribution in [0.25, 0.3) is 0 Å². The van der Waals surface area contributed by atoms with Crippen LogP contribution < -0.4 is 0 Å². The van der Waals surface area contributed by atoms with E-state index in [1.54, 1.807) is 24.4 Å². The maximum absolute atomic E-state index is 12.4. The Morgan fingerprint density at radius 1 is 1.37 bits per heavy atom. The van der Waals surface area contributed by atoms with E-state index < -0.39 is 0 Å². The average Bonchev–Trinajstić information content (AvgIpc) is 2.47. The fourth-order valence-corrected chi connectivity index (χ4v) is 3.18. The molecule has 0 radical (unpaired) electrons. The summed E-state index contributed by atoms with van der Waals surface area (Å²) >= 11 is 0. The van der Waals surface area contributed by atoms with Crippen molar-refractivity contribution in [2.24, 2.45) is 5.92 Å². The van der Waals surface area contributed by atoms with Crippen molar-refractivity contribution in [2.75, 3.05) is 7.11 Å². The van der Waals surface area contributed by atoms with E-state index in [1.807, 2.05) is 4.90 Å². The molecule has 3 fully saturated rings. The van der Waals surface area contributed by atoms with Crippen LogP contribution in [0.4, 0.5) is 0 Å². The zero-order valence-corrected chi connectivity index (χ0v) is 10.8. The zero-order chi connectivity index (χ0) is 13.4. The molecule has 3 heterocycles. The molecule has 19 heavy (non-hydrogen) atoms. The Kier molecular flexibility index (Phi) is 2.97. The predicted molar refractivity (Wildman–Crippen MR) is 67.3 cm³/mol. The minimum absolute atomic E-state index is 0.0132. The van der Waals surface area contributed by atoms with Crippen LogP contribution in [0, 0.1) is 5.92 Å². The van der Waals surface area contributed by atoms with Gasteiger partial charge in [0.2, 0.25) is 0 Å². The number of pyridine rings is 1. The molecule has 0 spiro atoms. The summed E-state index contributed by atoms with van der Waals surface area (Å²) < 4.78 is 4.83. The molecule has 1 aromatic rings. The molecule has 1 aromatic heterocycles. The molecule has 4 rings (SSSR count). The first-order chi connectivity index (χ1) is 9.22. The monoisotopic (exact) mass is 260 g/mol. The van der Waals surface area contributed by atoms with E-state index in [0.29, 0.717) is 5.69 Å². The van der Waals surface area contributed by atoms with Gasteiger partial charge in [-0.1, -0.05) is 6.07 Å². The van der Waals surface area contributed by atoms with Gasteiger partial charge in [-0.25, -0.2) is 0 Å². The number of ether oxygens (including phenoxy) is 1. The maximum atomic E-state index is 12.4. The van der Waals surface area contributed by atoms with Crippen molar-refractivity contribution in [1.82, 2.24) is 9.88 Å². The summed E-state index contributed by atoms with van der Waals surface area (Å²) in [5.41, 5.74) is 0.447. The van der Waals surface area contributed by atoms with Crippen LogP contribution in [0.3, 0.4) is 0 Å². The Balaban J connectivity index is 1.79. The number of carbonyl (C=O) groups is 2. The number of nitrogens with zero attached hydrogens (tertiary/aromatic N) is 2. The third-order valence-corrected chi connectivity index (χ3v) is 4.16. The van der Waals surface area contributed by atoms with Crippen LogP contribution in [0.5, 0.6) is 0 Å². The van der Waals surface area contributed by atoms with Gasteiger partial charge in [0.25, 0.3) is 5.91 Å². The largest absolute Gasteiger partial charge is 0.469 e. The molecule has 3 atom stereocenters. The van der Waals surface area contributed by atoms with E-state index >= 15 is 0 Å². The van der Waals surface area contributed by atoms with E-state index in [1.165, 1.54) is 7.11 Å². The highest BCUT2D eigenvalue weighted by Gasteiger charge is 2.52. The molecule has 2 aliphatic heterocycles. The summed E-state index contributed by atoms with van der Waals surface area (Å²) in [6.07, 6.45) is 4.20. The second kappa shape index (κ2) is 4.64. The number of piperidine rings is 1. The van der Waals surface area contributed by atoms with Crippen molar-refractivity contribution >= 4 is 11.9 Å². The second-order valence-corrected chi connectivity index (χ2v) is 5.09. The minimum atomic E-state index is -0.207. The van der Waals surface area contributed by atoms with Crippen molar-refractivity contribution in [1.29, 1.82) is 0 Å². The Hall–Kier alpha value is -1.91. The summed E-state index contributed by atoms with van der Waals surface area (Å²) in [7, 11) is 1.40. The quantitative estimate of drug-likeness (QED) is 0.751. The molecule has 3 aliphatic rings. The number of hydrogen-bond donors (Lipinski definition) is 0. The summed E-state index contributed by atoms with van der Waals surface area (Å²) in [5, 5.41) is 0. The van der Waals surface area contributed by atoms with Crippen molar-refractivity contribution in [2.45, 2.75) is 31.3 Å².